The molecule has 2 N–H and O–H groups in total. The fraction of sp³-hybridized carbons (Fsp3) is 0.222. The van der Waals surface area contributed by atoms with Crippen LogP contribution in [0.25, 0.3) is 11.1 Å². The number of aromatic nitrogens is 3. The number of anilines is 1. The molecule has 0 fully saturated rings. The number of aliphatic hydroxyl groups excluding tert-OH is 1. The topological polar surface area (TPSA) is 97.2 Å². The number of nitrogens with one attached hydrogen (secondary N) is 1. The summed E-state index contributed by atoms with van der Waals surface area (Å²) in [7, 11) is 1.41. The summed E-state index contributed by atoms with van der Waals surface area (Å²) in [4.78, 5) is 17.0. The second-order valence-electron chi connectivity index (χ2n) is 5.71. The summed E-state index contributed by atoms with van der Waals surface area (Å²) < 4.78 is 20.7. The largest absolute Gasteiger partial charge is 0.496 e. The van der Waals surface area contributed by atoms with E-state index in [0.717, 1.165) is 0 Å². The van der Waals surface area contributed by atoms with Gasteiger partial charge in [-0.05, 0) is 25.1 Å². The van der Waals surface area contributed by atoms with Gasteiger partial charge in [0.25, 0.3) is 5.91 Å². The molecule has 3 aromatic rings. The Morgan fingerprint density at radius 3 is 2.93 bits per heavy atom. The Hall–Kier alpha value is -2.27. The third kappa shape index (κ3) is 4.84. The maximum Gasteiger partial charge on any atom is 0.259 e. The molecule has 0 aliphatic carbocycles. The first kappa shape index (κ1) is 21.4. The highest BCUT2D eigenvalue weighted by Gasteiger charge is 2.22. The summed E-state index contributed by atoms with van der Waals surface area (Å²) in [5, 5.41) is 19.6. The van der Waals surface area contributed by atoms with Crippen molar-refractivity contribution in [3.63, 3.8) is 0 Å². The molecule has 2 heterocycles. The summed E-state index contributed by atoms with van der Waals surface area (Å²) in [6.07, 6.45) is 1.36. The molecular weight excluding hydrogens is 439 g/mol. The summed E-state index contributed by atoms with van der Waals surface area (Å²) >= 11 is 8.45. The molecular formula is C18H16ClFN4O3S2. The van der Waals surface area contributed by atoms with E-state index >= 15 is 0 Å². The Kier molecular flexibility index (Phi) is 7.01. The zero-order chi connectivity index (χ0) is 21.0. The Morgan fingerprint density at radius 2 is 2.21 bits per heavy atom. The number of rotatable bonds is 7. The van der Waals surface area contributed by atoms with Gasteiger partial charge in [-0.25, -0.2) is 4.39 Å². The lowest BCUT2D eigenvalue weighted by Crippen LogP contribution is -2.14. The molecule has 0 unspecified atom stereocenters. The van der Waals surface area contributed by atoms with Gasteiger partial charge >= 0.3 is 0 Å². The molecule has 1 aromatic carbocycles. The number of carbonyl (C=O) groups is 1. The van der Waals surface area contributed by atoms with Crippen LogP contribution in [0.4, 0.5) is 9.52 Å². The van der Waals surface area contributed by atoms with E-state index in [1.807, 2.05) is 0 Å². The number of benzene rings is 1. The molecule has 1 amide bonds. The Morgan fingerprint density at radius 1 is 1.41 bits per heavy atom. The first-order valence-electron chi connectivity index (χ1n) is 8.32. The average molecular weight is 455 g/mol. The van der Waals surface area contributed by atoms with E-state index in [2.05, 4.69) is 20.5 Å². The molecule has 0 saturated heterocycles. The van der Waals surface area contributed by atoms with Gasteiger partial charge in [0.1, 0.15) is 5.75 Å². The van der Waals surface area contributed by atoms with Crippen molar-refractivity contribution in [2.45, 2.75) is 11.3 Å². The smallest absolute Gasteiger partial charge is 0.259 e. The second kappa shape index (κ2) is 9.49. The van der Waals surface area contributed by atoms with Crippen LogP contribution in [-0.4, -0.2) is 45.7 Å². The van der Waals surface area contributed by atoms with E-state index < -0.39 is 11.7 Å². The lowest BCUT2D eigenvalue weighted by atomic mass is 9.98. The first-order chi connectivity index (χ1) is 13.9. The molecule has 152 valence electrons. The number of pyridine rings is 1. The lowest BCUT2D eigenvalue weighted by Gasteiger charge is -2.14. The fourth-order valence-electron chi connectivity index (χ4n) is 2.52. The molecule has 0 bridgehead atoms. The first-order valence-corrected chi connectivity index (χ1v) is 10.5. The highest BCUT2D eigenvalue weighted by molar-refractivity contribution is 8.01. The van der Waals surface area contributed by atoms with Crippen molar-refractivity contribution in [2.24, 2.45) is 0 Å². The van der Waals surface area contributed by atoms with Crippen LogP contribution in [0.5, 0.6) is 5.75 Å². The van der Waals surface area contributed by atoms with Crippen LogP contribution in [0.3, 0.4) is 0 Å². The highest BCUT2D eigenvalue weighted by atomic mass is 35.5. The van der Waals surface area contributed by atoms with Gasteiger partial charge in [0.15, 0.2) is 10.2 Å². The van der Waals surface area contributed by atoms with Crippen LogP contribution in [-0.2, 0) is 0 Å². The summed E-state index contributed by atoms with van der Waals surface area (Å²) in [6, 6.07) is 4.52. The number of aryl methyl sites for hydroxylation is 1. The van der Waals surface area contributed by atoms with E-state index in [0.29, 0.717) is 21.3 Å². The molecule has 3 rings (SSSR count). The van der Waals surface area contributed by atoms with Crippen molar-refractivity contribution in [1.82, 2.24) is 15.2 Å². The normalized spacial score (nSPS) is 10.8. The van der Waals surface area contributed by atoms with Gasteiger partial charge in [0.2, 0.25) is 5.13 Å². The van der Waals surface area contributed by atoms with Crippen LogP contribution >= 0.6 is 34.7 Å². The van der Waals surface area contributed by atoms with Crippen molar-refractivity contribution in [3.8, 4) is 16.9 Å². The quantitative estimate of drug-likeness (QED) is 0.410. The number of nitrogens with zero attached hydrogens (tertiary/aromatic N) is 3. The number of aliphatic hydroxyl groups is 1. The Balaban J connectivity index is 1.99. The number of halogens is 2. The zero-order valence-electron chi connectivity index (χ0n) is 15.4. The second-order valence-corrected chi connectivity index (χ2v) is 8.44. The van der Waals surface area contributed by atoms with Crippen LogP contribution in [0.1, 0.15) is 16.1 Å². The Labute approximate surface area is 179 Å². The van der Waals surface area contributed by atoms with Gasteiger partial charge in [-0.1, -0.05) is 34.7 Å². The number of hydrogen-bond acceptors (Lipinski definition) is 8. The Bertz CT molecular complexity index is 1050. The van der Waals surface area contributed by atoms with E-state index in [4.69, 9.17) is 21.4 Å². The monoisotopic (exact) mass is 454 g/mol. The van der Waals surface area contributed by atoms with Gasteiger partial charge < -0.3 is 9.84 Å². The molecule has 0 aliphatic heterocycles. The van der Waals surface area contributed by atoms with Gasteiger partial charge in [0, 0.05) is 23.2 Å². The van der Waals surface area contributed by atoms with Crippen LogP contribution < -0.4 is 10.1 Å². The van der Waals surface area contributed by atoms with E-state index in [-0.39, 0.29) is 33.6 Å². The SMILES string of the molecule is COc1ccc(Cl)c(F)c1-c1cc(C)ncc1C(=O)Nc1nnc(SCCO)s1. The van der Waals surface area contributed by atoms with Gasteiger partial charge in [-0.3, -0.25) is 15.1 Å². The molecule has 0 spiro atoms. The predicted molar refractivity (Wildman–Crippen MR) is 112 cm³/mol. The molecule has 0 atom stereocenters. The minimum absolute atomic E-state index is 0.0113. The zero-order valence-corrected chi connectivity index (χ0v) is 17.8. The van der Waals surface area contributed by atoms with E-state index in [1.165, 1.54) is 48.5 Å². The van der Waals surface area contributed by atoms with Gasteiger partial charge in [0.05, 0.1) is 29.9 Å². The van der Waals surface area contributed by atoms with E-state index in [9.17, 15) is 9.18 Å². The third-order valence-corrected chi connectivity index (χ3v) is 6.02. The highest BCUT2D eigenvalue weighted by Crippen LogP contribution is 2.38. The predicted octanol–water partition coefficient (Wildman–Crippen LogP) is 4.05. The lowest BCUT2D eigenvalue weighted by molar-refractivity contribution is 0.102. The van der Waals surface area contributed by atoms with Crippen LogP contribution in [0, 0.1) is 12.7 Å². The molecule has 0 aliphatic rings. The number of hydrogen-bond donors (Lipinski definition) is 2. The van der Waals surface area contributed by atoms with Crippen molar-refractivity contribution in [3.05, 3.63) is 46.5 Å². The maximum atomic E-state index is 14.9. The van der Waals surface area contributed by atoms with Gasteiger partial charge in [-0.15, -0.1) is 10.2 Å². The van der Waals surface area contributed by atoms with Gasteiger partial charge in [-0.2, -0.15) is 0 Å². The molecule has 0 radical (unpaired) electrons. The van der Waals surface area contributed by atoms with Crippen molar-refractivity contribution >= 4 is 45.7 Å². The molecule has 11 heteroatoms. The summed E-state index contributed by atoms with van der Waals surface area (Å²) in [5.41, 5.74) is 1.10. The van der Waals surface area contributed by atoms with Crippen LogP contribution in [0.2, 0.25) is 5.02 Å². The fourth-order valence-corrected chi connectivity index (χ4v) is 4.23. The summed E-state index contributed by atoms with van der Waals surface area (Å²) in [5.74, 6) is -0.499. The minimum Gasteiger partial charge on any atom is -0.496 e. The average Bonchev–Trinajstić information content (AvgIpc) is 3.15. The molecule has 2 aromatic heterocycles. The number of ether oxygens (including phenoxy) is 1. The maximum absolute atomic E-state index is 14.9. The van der Waals surface area contributed by atoms with Crippen molar-refractivity contribution < 1.29 is 19.0 Å². The summed E-state index contributed by atoms with van der Waals surface area (Å²) in [6.45, 7) is 1.74. The number of methoxy groups -OCH3 is 1. The van der Waals surface area contributed by atoms with Crippen molar-refractivity contribution in [1.29, 1.82) is 0 Å². The molecule has 29 heavy (non-hydrogen) atoms. The number of thioether (sulfide) groups is 1. The minimum atomic E-state index is -0.690. The number of amides is 1. The standard InChI is InChI=1S/C18H16ClFN4O3S2/c1-9-7-10(14-13(27-2)4-3-12(19)15(14)20)11(8-21-9)16(26)22-17-23-24-18(29-17)28-6-5-25/h3-4,7-8,25H,5-6H2,1-2H3,(H,22,23,26). The third-order valence-electron chi connectivity index (χ3n) is 3.77. The molecule has 0 saturated carbocycles. The molecule has 7 nitrogen and oxygen atoms in total. The van der Waals surface area contributed by atoms with E-state index in [1.54, 1.807) is 13.0 Å². The number of carbonyl (C=O) groups excluding carboxylic acids is 1. The van der Waals surface area contributed by atoms with Crippen molar-refractivity contribution in [2.75, 3.05) is 24.8 Å². The van der Waals surface area contributed by atoms with Crippen LogP contribution in [0.15, 0.2) is 28.7 Å².